The molecule has 0 aromatic heterocycles. The van der Waals surface area contributed by atoms with E-state index in [2.05, 4.69) is 4.84 Å². The average molecular weight is 229 g/mol. The molecule has 0 spiro atoms. The molecule has 0 aliphatic rings. The van der Waals surface area contributed by atoms with Gasteiger partial charge in [-0.3, -0.25) is 0 Å². The molecule has 0 bridgehead atoms. The van der Waals surface area contributed by atoms with Gasteiger partial charge in [0, 0.05) is 24.9 Å². The summed E-state index contributed by atoms with van der Waals surface area (Å²) in [5, 5.41) is 0. The Morgan fingerprint density at radius 1 is 1.29 bits per heavy atom. The summed E-state index contributed by atoms with van der Waals surface area (Å²) in [6.45, 7) is 3.69. The molecule has 0 radical (unpaired) electrons. The van der Waals surface area contributed by atoms with E-state index in [1.807, 2.05) is 0 Å². The van der Waals surface area contributed by atoms with Crippen LogP contribution in [-0.4, -0.2) is 37.0 Å². The Hall–Kier alpha value is 0.0700. The molecule has 0 saturated heterocycles. The number of hydrogen-bond acceptors (Lipinski definition) is 2. The van der Waals surface area contributed by atoms with Gasteiger partial charge in [0.05, 0.1) is 0 Å². The summed E-state index contributed by atoms with van der Waals surface area (Å²) < 4.78 is 26.7. The summed E-state index contributed by atoms with van der Waals surface area (Å²) in [4.78, 5) is 4.11. The fraction of sp³-hybridized carbons (Fsp3) is 1.00. The number of rotatable bonds is 6. The first kappa shape index (κ1) is 14.1. The van der Waals surface area contributed by atoms with Crippen LogP contribution in [0.3, 0.4) is 0 Å². The fourth-order valence-electron chi connectivity index (χ4n) is 1.16. The van der Waals surface area contributed by atoms with Gasteiger partial charge in [-0.1, -0.05) is 0 Å². The second-order valence-electron chi connectivity index (χ2n) is 4.56. The molecule has 2 nitrogen and oxygen atoms in total. The summed E-state index contributed by atoms with van der Waals surface area (Å²) in [6.07, 6.45) is -0.390. The van der Waals surface area contributed by atoms with Gasteiger partial charge in [-0.15, -0.1) is 0 Å². The Balaban J connectivity index is 4.06. The normalized spacial score (nSPS) is 13.7. The first-order valence-corrected chi connectivity index (χ1v) is 4.97. The summed E-state index contributed by atoms with van der Waals surface area (Å²) in [5.41, 5.74) is -0.739. The summed E-state index contributed by atoms with van der Waals surface area (Å²) >= 11 is 5.37. The highest BCUT2D eigenvalue weighted by Crippen LogP contribution is 2.29. The van der Waals surface area contributed by atoms with Crippen molar-refractivity contribution in [2.45, 2.75) is 38.2 Å². The van der Waals surface area contributed by atoms with Crippen LogP contribution in [0.25, 0.3) is 0 Å². The van der Waals surface area contributed by atoms with Crippen molar-refractivity contribution in [1.82, 2.24) is 9.74 Å². The largest absolute Gasteiger partial charge is 0.309 e. The Morgan fingerprint density at radius 2 is 1.79 bits per heavy atom. The minimum Gasteiger partial charge on any atom is -0.309 e. The van der Waals surface area contributed by atoms with Crippen LogP contribution in [0.5, 0.6) is 0 Å². The third-order valence-electron chi connectivity index (χ3n) is 1.88. The molecule has 14 heavy (non-hydrogen) atoms. The van der Waals surface area contributed by atoms with E-state index >= 15 is 0 Å². The van der Waals surface area contributed by atoms with Crippen LogP contribution in [0.2, 0.25) is 0 Å². The number of halogens is 3. The minimum atomic E-state index is -2.67. The summed E-state index contributed by atoms with van der Waals surface area (Å²) in [6, 6.07) is 0. The van der Waals surface area contributed by atoms with E-state index in [9.17, 15) is 8.78 Å². The molecule has 0 amide bonds. The maximum absolute atomic E-state index is 13.3. The van der Waals surface area contributed by atoms with E-state index in [1.54, 1.807) is 32.8 Å². The van der Waals surface area contributed by atoms with Crippen molar-refractivity contribution < 1.29 is 8.78 Å². The maximum Gasteiger partial charge on any atom is 0.251 e. The molecule has 0 rings (SSSR count). The lowest BCUT2D eigenvalue weighted by molar-refractivity contribution is -0.0377. The monoisotopic (exact) mass is 228 g/mol. The topological polar surface area (TPSA) is 15.3 Å². The van der Waals surface area contributed by atoms with Crippen LogP contribution < -0.4 is 4.84 Å². The van der Waals surface area contributed by atoms with Crippen LogP contribution >= 0.6 is 11.8 Å². The lowest BCUT2D eigenvalue weighted by Crippen LogP contribution is -2.40. The van der Waals surface area contributed by atoms with Gasteiger partial charge in [0.15, 0.2) is 0 Å². The molecule has 0 heterocycles. The van der Waals surface area contributed by atoms with Crippen molar-refractivity contribution in [1.29, 1.82) is 0 Å². The van der Waals surface area contributed by atoms with Crippen molar-refractivity contribution in [2.75, 3.05) is 20.6 Å². The molecule has 0 aliphatic carbocycles. The van der Waals surface area contributed by atoms with E-state index in [4.69, 9.17) is 11.8 Å². The molecule has 0 unspecified atom stereocenters. The van der Waals surface area contributed by atoms with Crippen LogP contribution in [0.15, 0.2) is 0 Å². The van der Waals surface area contributed by atoms with E-state index in [0.717, 1.165) is 0 Å². The zero-order valence-electron chi connectivity index (χ0n) is 9.20. The van der Waals surface area contributed by atoms with Gasteiger partial charge in [-0.2, -0.15) is 0 Å². The Kier molecular flexibility index (Phi) is 5.26. The van der Waals surface area contributed by atoms with Gasteiger partial charge in [-0.25, -0.2) is 13.6 Å². The van der Waals surface area contributed by atoms with Crippen molar-refractivity contribution >= 4 is 11.8 Å². The molecule has 0 aromatic carbocycles. The van der Waals surface area contributed by atoms with Crippen LogP contribution in [0.4, 0.5) is 8.78 Å². The van der Waals surface area contributed by atoms with Gasteiger partial charge in [0.25, 0.3) is 5.92 Å². The third-order valence-corrected chi connectivity index (χ3v) is 2.39. The maximum atomic E-state index is 13.3. The highest BCUT2D eigenvalue weighted by molar-refractivity contribution is 6.13. The molecular weight excluding hydrogens is 210 g/mol. The Morgan fingerprint density at radius 3 is 2.14 bits per heavy atom. The predicted molar refractivity (Wildman–Crippen MR) is 55.8 cm³/mol. The quantitative estimate of drug-likeness (QED) is 0.703. The number of alkyl halides is 2. The van der Waals surface area contributed by atoms with Crippen LogP contribution in [0.1, 0.15) is 26.7 Å². The van der Waals surface area contributed by atoms with Crippen LogP contribution in [-0.2, 0) is 0 Å². The zero-order valence-corrected chi connectivity index (χ0v) is 9.96. The van der Waals surface area contributed by atoms with Crippen molar-refractivity contribution in [3.63, 3.8) is 0 Å². The second-order valence-corrected chi connectivity index (χ2v) is 4.75. The van der Waals surface area contributed by atoms with Gasteiger partial charge in [-0.05, 0) is 39.7 Å². The molecule has 86 valence electrons. The van der Waals surface area contributed by atoms with E-state index in [0.29, 0.717) is 6.54 Å². The van der Waals surface area contributed by atoms with E-state index in [1.165, 1.54) is 0 Å². The Labute approximate surface area is 89.7 Å². The fourth-order valence-corrected chi connectivity index (χ4v) is 1.22. The van der Waals surface area contributed by atoms with E-state index < -0.39 is 11.5 Å². The number of nitrogens with zero attached hydrogens (tertiary/aromatic N) is 1. The SMILES string of the molecule is CN(C)CCC(F)(F)CC(C)(C)NCl. The minimum absolute atomic E-state index is 0.137. The molecule has 0 saturated carbocycles. The standard InChI is InChI=1S/C9H19ClF2N2/c1-8(2,13-10)7-9(11,12)5-6-14(3)4/h13H,5-7H2,1-4H3. The molecule has 0 atom stereocenters. The highest BCUT2D eigenvalue weighted by atomic mass is 35.5. The number of nitrogens with one attached hydrogen (secondary N) is 1. The Bertz CT molecular complexity index is 172. The molecule has 0 fully saturated rings. The number of hydrogen-bond donors (Lipinski definition) is 1. The molecule has 0 aliphatic heterocycles. The molecular formula is C9H19ClF2N2. The smallest absolute Gasteiger partial charge is 0.251 e. The molecule has 0 aromatic rings. The highest BCUT2D eigenvalue weighted by Gasteiger charge is 2.36. The van der Waals surface area contributed by atoms with E-state index in [-0.39, 0.29) is 12.8 Å². The lowest BCUT2D eigenvalue weighted by atomic mass is 9.95. The molecule has 5 heteroatoms. The first-order valence-electron chi connectivity index (χ1n) is 4.59. The first-order chi connectivity index (χ1) is 6.18. The van der Waals surface area contributed by atoms with Gasteiger partial charge < -0.3 is 4.90 Å². The summed E-state index contributed by atoms with van der Waals surface area (Å²) in [7, 11) is 3.56. The molecule has 1 N–H and O–H groups in total. The van der Waals surface area contributed by atoms with Crippen LogP contribution in [0, 0.1) is 0 Å². The predicted octanol–water partition coefficient (Wildman–Crippen LogP) is 2.49. The lowest BCUT2D eigenvalue weighted by Gasteiger charge is -2.28. The summed E-state index contributed by atoms with van der Waals surface area (Å²) in [5.74, 6) is -2.67. The van der Waals surface area contributed by atoms with Crippen molar-refractivity contribution in [3.05, 3.63) is 0 Å². The third kappa shape index (κ3) is 6.51. The van der Waals surface area contributed by atoms with Gasteiger partial charge in [0.1, 0.15) is 0 Å². The zero-order chi connectivity index (χ0) is 11.4. The second kappa shape index (κ2) is 5.24. The van der Waals surface area contributed by atoms with Crippen molar-refractivity contribution in [2.24, 2.45) is 0 Å². The van der Waals surface area contributed by atoms with Crippen molar-refractivity contribution in [3.8, 4) is 0 Å². The van der Waals surface area contributed by atoms with Gasteiger partial charge in [0.2, 0.25) is 0 Å². The van der Waals surface area contributed by atoms with Gasteiger partial charge >= 0.3 is 0 Å². The average Bonchev–Trinajstić information content (AvgIpc) is 1.99.